The Morgan fingerprint density at radius 3 is 2.50 bits per heavy atom. The Morgan fingerprint density at radius 2 is 1.84 bits per heavy atom. The minimum absolute atomic E-state index is 0.0322. The molecule has 1 fully saturated rings. The van der Waals surface area contributed by atoms with Crippen LogP contribution in [-0.2, 0) is 11.3 Å². The fraction of sp³-hybridized carbons (Fsp3) is 0.308. The lowest BCUT2D eigenvalue weighted by Gasteiger charge is -2.24. The van der Waals surface area contributed by atoms with Crippen LogP contribution in [0.4, 0.5) is 0 Å². The second-order valence-corrected chi connectivity index (χ2v) is 9.52. The standard InChI is InChI=1S/C26H28N2O3S/c1-18(2)15-23(19-7-4-3-5-8-19)27-25(30)20-10-12-21(13-11-20)26-28(24(29)17-32-26)16-22-9-6-14-31-22/h3-14,18,23,26H,15-17H2,1-2H3,(H,27,30)/t23-,26+/m1/s1. The highest BCUT2D eigenvalue weighted by Gasteiger charge is 2.33. The number of amides is 2. The quantitative estimate of drug-likeness (QED) is 0.489. The molecule has 32 heavy (non-hydrogen) atoms. The zero-order valence-electron chi connectivity index (χ0n) is 18.4. The molecule has 0 aliphatic carbocycles. The Kier molecular flexibility index (Phi) is 7.00. The molecule has 1 aromatic heterocycles. The van der Waals surface area contributed by atoms with Crippen molar-refractivity contribution in [1.29, 1.82) is 0 Å². The van der Waals surface area contributed by atoms with E-state index in [1.54, 1.807) is 18.0 Å². The van der Waals surface area contributed by atoms with Gasteiger partial charge in [-0.05, 0) is 47.7 Å². The number of thioether (sulfide) groups is 1. The first-order chi connectivity index (χ1) is 15.5. The van der Waals surface area contributed by atoms with Gasteiger partial charge in [0, 0.05) is 5.56 Å². The Labute approximate surface area is 193 Å². The Balaban J connectivity index is 1.46. The predicted molar refractivity (Wildman–Crippen MR) is 127 cm³/mol. The summed E-state index contributed by atoms with van der Waals surface area (Å²) in [6.07, 6.45) is 2.49. The fourth-order valence-corrected chi connectivity index (χ4v) is 5.14. The summed E-state index contributed by atoms with van der Waals surface area (Å²) >= 11 is 1.60. The molecule has 0 spiro atoms. The number of benzene rings is 2. The molecule has 1 saturated heterocycles. The normalized spacial score (nSPS) is 17.0. The van der Waals surface area contributed by atoms with E-state index in [4.69, 9.17) is 4.42 Å². The van der Waals surface area contributed by atoms with Crippen LogP contribution in [0.15, 0.2) is 77.4 Å². The molecule has 5 nitrogen and oxygen atoms in total. The van der Waals surface area contributed by atoms with E-state index < -0.39 is 0 Å². The molecule has 6 heteroatoms. The van der Waals surface area contributed by atoms with E-state index in [-0.39, 0.29) is 23.2 Å². The van der Waals surface area contributed by atoms with Crippen LogP contribution in [0, 0.1) is 5.92 Å². The van der Waals surface area contributed by atoms with Crippen molar-refractivity contribution < 1.29 is 14.0 Å². The molecule has 0 saturated carbocycles. The summed E-state index contributed by atoms with van der Waals surface area (Å²) in [5.41, 5.74) is 2.73. The van der Waals surface area contributed by atoms with Gasteiger partial charge in [-0.25, -0.2) is 0 Å². The summed E-state index contributed by atoms with van der Waals surface area (Å²) in [5, 5.41) is 3.11. The lowest BCUT2D eigenvalue weighted by Crippen LogP contribution is -2.29. The minimum atomic E-state index is -0.0892. The number of nitrogens with one attached hydrogen (secondary N) is 1. The first-order valence-electron chi connectivity index (χ1n) is 10.9. The van der Waals surface area contributed by atoms with Crippen LogP contribution in [0.5, 0.6) is 0 Å². The van der Waals surface area contributed by atoms with Crippen molar-refractivity contribution in [2.24, 2.45) is 5.92 Å². The number of furan rings is 1. The van der Waals surface area contributed by atoms with Crippen LogP contribution in [0.2, 0.25) is 0 Å². The summed E-state index contributed by atoms with van der Waals surface area (Å²) in [7, 11) is 0. The zero-order chi connectivity index (χ0) is 22.5. The summed E-state index contributed by atoms with van der Waals surface area (Å²) in [4.78, 5) is 27.2. The van der Waals surface area contributed by atoms with Gasteiger partial charge in [-0.1, -0.05) is 56.3 Å². The van der Waals surface area contributed by atoms with Gasteiger partial charge in [0.1, 0.15) is 11.1 Å². The van der Waals surface area contributed by atoms with E-state index in [1.807, 2.05) is 59.5 Å². The summed E-state index contributed by atoms with van der Waals surface area (Å²) in [5.74, 6) is 1.67. The monoisotopic (exact) mass is 448 g/mol. The predicted octanol–water partition coefficient (Wildman–Crippen LogP) is 5.57. The van der Waals surface area contributed by atoms with Gasteiger partial charge >= 0.3 is 0 Å². The van der Waals surface area contributed by atoms with Gasteiger partial charge in [-0.2, -0.15) is 0 Å². The third-order valence-electron chi connectivity index (χ3n) is 5.55. The van der Waals surface area contributed by atoms with Gasteiger partial charge in [0.25, 0.3) is 5.91 Å². The van der Waals surface area contributed by atoms with Crippen molar-refractivity contribution in [2.45, 2.75) is 38.2 Å². The lowest BCUT2D eigenvalue weighted by molar-refractivity contribution is -0.128. The van der Waals surface area contributed by atoms with Gasteiger partial charge in [-0.15, -0.1) is 11.8 Å². The second-order valence-electron chi connectivity index (χ2n) is 8.45. The first-order valence-corrected chi connectivity index (χ1v) is 12.0. The summed E-state index contributed by atoms with van der Waals surface area (Å²) < 4.78 is 5.42. The van der Waals surface area contributed by atoms with E-state index in [2.05, 4.69) is 31.3 Å². The van der Waals surface area contributed by atoms with Crippen molar-refractivity contribution >= 4 is 23.6 Å². The third kappa shape index (κ3) is 5.25. The Hall–Kier alpha value is -2.99. The highest BCUT2D eigenvalue weighted by atomic mass is 32.2. The number of carbonyl (C=O) groups is 2. The molecular formula is C26H28N2O3S. The number of carbonyl (C=O) groups excluding carboxylic acids is 2. The number of nitrogens with zero attached hydrogens (tertiary/aromatic N) is 1. The highest BCUT2D eigenvalue weighted by molar-refractivity contribution is 8.00. The smallest absolute Gasteiger partial charge is 0.251 e. The molecule has 2 aromatic carbocycles. The van der Waals surface area contributed by atoms with Crippen molar-refractivity contribution in [1.82, 2.24) is 10.2 Å². The van der Waals surface area contributed by atoms with Crippen LogP contribution in [0.3, 0.4) is 0 Å². The van der Waals surface area contributed by atoms with Gasteiger partial charge < -0.3 is 14.6 Å². The van der Waals surface area contributed by atoms with E-state index in [0.29, 0.717) is 23.8 Å². The van der Waals surface area contributed by atoms with Crippen molar-refractivity contribution in [3.05, 3.63) is 95.4 Å². The van der Waals surface area contributed by atoms with Crippen LogP contribution in [0.1, 0.15) is 58.9 Å². The molecular weight excluding hydrogens is 420 g/mol. The van der Waals surface area contributed by atoms with Crippen LogP contribution in [0.25, 0.3) is 0 Å². The molecule has 2 heterocycles. The third-order valence-corrected chi connectivity index (χ3v) is 6.80. The van der Waals surface area contributed by atoms with Crippen LogP contribution >= 0.6 is 11.8 Å². The number of hydrogen-bond donors (Lipinski definition) is 1. The molecule has 0 bridgehead atoms. The molecule has 1 aliphatic heterocycles. The van der Waals surface area contributed by atoms with E-state index >= 15 is 0 Å². The molecule has 2 amide bonds. The van der Waals surface area contributed by atoms with Crippen LogP contribution in [-0.4, -0.2) is 22.5 Å². The maximum absolute atomic E-state index is 13.0. The Morgan fingerprint density at radius 1 is 1.09 bits per heavy atom. The molecule has 2 atom stereocenters. The second kappa shape index (κ2) is 10.1. The first kappa shape index (κ1) is 22.2. The SMILES string of the molecule is CC(C)C[C@@H](NC(=O)c1ccc([C@@H]2SCC(=O)N2Cc2ccco2)cc1)c1ccccc1. The Bertz CT molecular complexity index is 1030. The van der Waals surface area contributed by atoms with Crippen LogP contribution < -0.4 is 5.32 Å². The number of hydrogen-bond acceptors (Lipinski definition) is 4. The van der Waals surface area contributed by atoms with Crippen molar-refractivity contribution in [2.75, 3.05) is 5.75 Å². The van der Waals surface area contributed by atoms with E-state index in [1.165, 1.54) is 0 Å². The minimum Gasteiger partial charge on any atom is -0.467 e. The average Bonchev–Trinajstić information content (AvgIpc) is 3.44. The highest BCUT2D eigenvalue weighted by Crippen LogP contribution is 2.39. The van der Waals surface area contributed by atoms with E-state index in [0.717, 1.165) is 23.3 Å². The maximum atomic E-state index is 13.0. The molecule has 3 aromatic rings. The summed E-state index contributed by atoms with van der Waals surface area (Å²) in [6.45, 7) is 4.76. The molecule has 1 N–H and O–H groups in total. The maximum Gasteiger partial charge on any atom is 0.251 e. The zero-order valence-corrected chi connectivity index (χ0v) is 19.2. The average molecular weight is 449 g/mol. The number of rotatable bonds is 8. The molecule has 166 valence electrons. The largest absolute Gasteiger partial charge is 0.467 e. The van der Waals surface area contributed by atoms with Gasteiger partial charge in [-0.3, -0.25) is 9.59 Å². The van der Waals surface area contributed by atoms with Gasteiger partial charge in [0.2, 0.25) is 5.91 Å². The molecule has 0 radical (unpaired) electrons. The van der Waals surface area contributed by atoms with Crippen molar-refractivity contribution in [3.8, 4) is 0 Å². The molecule has 1 aliphatic rings. The summed E-state index contributed by atoms with van der Waals surface area (Å²) in [6, 6.07) is 21.3. The fourth-order valence-electron chi connectivity index (χ4n) is 3.95. The molecule has 4 rings (SSSR count). The lowest BCUT2D eigenvalue weighted by atomic mass is 9.96. The molecule has 0 unspecified atom stereocenters. The topological polar surface area (TPSA) is 62.6 Å². The van der Waals surface area contributed by atoms with Gasteiger partial charge in [0.15, 0.2) is 0 Å². The van der Waals surface area contributed by atoms with E-state index in [9.17, 15) is 9.59 Å². The van der Waals surface area contributed by atoms with Gasteiger partial charge in [0.05, 0.1) is 24.6 Å². The van der Waals surface area contributed by atoms with Crippen molar-refractivity contribution in [3.63, 3.8) is 0 Å².